The molecule has 3 heterocycles. The number of benzene rings is 2. The number of imide groups is 1. The molecule has 0 radical (unpaired) electrons. The van der Waals surface area contributed by atoms with E-state index < -0.39 is 0 Å². The second-order valence-electron chi connectivity index (χ2n) is 9.14. The van der Waals surface area contributed by atoms with Crippen molar-refractivity contribution in [1.29, 1.82) is 0 Å². The number of aryl methyl sites for hydroxylation is 2. The standard InChI is InChI=1S/C27H31N3O3/c1-19-8-9-22(20(2)18-19)24-25(29-13-10-21-6-3-4-7-23(21)29)27(32)30(26(24)31)12-5-11-28-14-16-33-17-15-28/h3-4,6-9,18H,5,10-17H2,1-2H3. The van der Waals surface area contributed by atoms with Crippen LogP contribution in [0, 0.1) is 13.8 Å². The van der Waals surface area contributed by atoms with Crippen molar-refractivity contribution in [3.8, 4) is 0 Å². The summed E-state index contributed by atoms with van der Waals surface area (Å²) in [6, 6.07) is 14.3. The van der Waals surface area contributed by atoms with Crippen molar-refractivity contribution < 1.29 is 14.3 Å². The Balaban J connectivity index is 1.47. The molecule has 0 aromatic heterocycles. The number of carbonyl (C=O) groups is 2. The van der Waals surface area contributed by atoms with Gasteiger partial charge in [-0.1, -0.05) is 42.0 Å². The first-order valence-corrected chi connectivity index (χ1v) is 11.9. The maximum absolute atomic E-state index is 13.7. The lowest BCUT2D eigenvalue weighted by Crippen LogP contribution is -2.40. The second kappa shape index (κ2) is 9.12. The van der Waals surface area contributed by atoms with E-state index in [1.165, 1.54) is 10.5 Å². The number of para-hydroxylation sites is 1. The lowest BCUT2D eigenvalue weighted by molar-refractivity contribution is -0.137. The van der Waals surface area contributed by atoms with E-state index >= 15 is 0 Å². The van der Waals surface area contributed by atoms with Gasteiger partial charge in [-0.15, -0.1) is 0 Å². The zero-order valence-electron chi connectivity index (χ0n) is 19.5. The van der Waals surface area contributed by atoms with E-state index in [9.17, 15) is 9.59 Å². The lowest BCUT2D eigenvalue weighted by Gasteiger charge is -2.27. The van der Waals surface area contributed by atoms with Gasteiger partial charge in [-0.3, -0.25) is 19.4 Å². The third-order valence-corrected chi connectivity index (χ3v) is 6.91. The van der Waals surface area contributed by atoms with Crippen LogP contribution in [0.15, 0.2) is 48.2 Å². The van der Waals surface area contributed by atoms with Gasteiger partial charge in [0.25, 0.3) is 11.8 Å². The number of hydrogen-bond acceptors (Lipinski definition) is 5. The van der Waals surface area contributed by atoms with Crippen molar-refractivity contribution in [3.05, 3.63) is 70.4 Å². The molecule has 2 aromatic rings. The third-order valence-electron chi connectivity index (χ3n) is 6.91. The second-order valence-corrected chi connectivity index (χ2v) is 9.14. The van der Waals surface area contributed by atoms with Crippen LogP contribution >= 0.6 is 0 Å². The van der Waals surface area contributed by atoms with E-state index in [-0.39, 0.29) is 11.8 Å². The summed E-state index contributed by atoms with van der Waals surface area (Å²) in [4.78, 5) is 33.3. The fourth-order valence-corrected chi connectivity index (χ4v) is 5.20. The summed E-state index contributed by atoms with van der Waals surface area (Å²) in [5.74, 6) is -0.345. The summed E-state index contributed by atoms with van der Waals surface area (Å²) in [6.07, 6.45) is 1.64. The van der Waals surface area contributed by atoms with Gasteiger partial charge in [0.05, 0.1) is 18.8 Å². The maximum atomic E-state index is 13.7. The molecule has 1 fully saturated rings. The summed E-state index contributed by atoms with van der Waals surface area (Å²) in [5.41, 5.74) is 6.34. The Morgan fingerprint density at radius 1 is 0.909 bits per heavy atom. The number of ether oxygens (including phenoxy) is 1. The molecule has 5 rings (SSSR count). The molecule has 6 nitrogen and oxygen atoms in total. The Morgan fingerprint density at radius 3 is 2.48 bits per heavy atom. The van der Waals surface area contributed by atoms with Crippen molar-refractivity contribution in [2.45, 2.75) is 26.7 Å². The van der Waals surface area contributed by atoms with Crippen LogP contribution in [0.5, 0.6) is 0 Å². The minimum absolute atomic E-state index is 0.173. The van der Waals surface area contributed by atoms with Gasteiger partial charge in [0.15, 0.2) is 0 Å². The first-order valence-electron chi connectivity index (χ1n) is 11.9. The predicted molar refractivity (Wildman–Crippen MR) is 129 cm³/mol. The topological polar surface area (TPSA) is 53.1 Å². The molecule has 3 aliphatic rings. The van der Waals surface area contributed by atoms with Gasteiger partial charge < -0.3 is 9.64 Å². The van der Waals surface area contributed by atoms with Crippen LogP contribution in [0.1, 0.15) is 28.7 Å². The quantitative estimate of drug-likeness (QED) is 0.640. The average molecular weight is 446 g/mol. The molecule has 0 saturated carbocycles. The molecule has 2 amide bonds. The number of fused-ring (bicyclic) bond motifs is 1. The number of morpholine rings is 1. The van der Waals surface area contributed by atoms with Gasteiger partial charge in [0.1, 0.15) is 5.70 Å². The Labute approximate surface area is 195 Å². The Hall–Kier alpha value is -2.96. The Bertz CT molecular complexity index is 1120. The minimum atomic E-state index is -0.173. The predicted octanol–water partition coefficient (Wildman–Crippen LogP) is 3.17. The molecule has 172 valence electrons. The van der Waals surface area contributed by atoms with Gasteiger partial charge in [0, 0.05) is 38.4 Å². The van der Waals surface area contributed by atoms with E-state index in [0.717, 1.165) is 68.1 Å². The van der Waals surface area contributed by atoms with Crippen LogP contribution in [0.2, 0.25) is 0 Å². The first kappa shape index (κ1) is 21.9. The molecule has 0 N–H and O–H groups in total. The van der Waals surface area contributed by atoms with Crippen LogP contribution in [0.4, 0.5) is 5.69 Å². The number of hydrogen-bond donors (Lipinski definition) is 0. The average Bonchev–Trinajstić information content (AvgIpc) is 3.34. The van der Waals surface area contributed by atoms with Crippen LogP contribution in [0.3, 0.4) is 0 Å². The molecule has 0 aliphatic carbocycles. The van der Waals surface area contributed by atoms with Crippen molar-refractivity contribution in [2.75, 3.05) is 50.8 Å². The van der Waals surface area contributed by atoms with Crippen molar-refractivity contribution in [3.63, 3.8) is 0 Å². The number of amides is 2. The minimum Gasteiger partial charge on any atom is -0.379 e. The van der Waals surface area contributed by atoms with Gasteiger partial charge in [-0.25, -0.2) is 0 Å². The normalized spacial score (nSPS) is 19.1. The molecule has 2 aromatic carbocycles. The highest BCUT2D eigenvalue weighted by Crippen LogP contribution is 2.39. The van der Waals surface area contributed by atoms with Gasteiger partial charge in [0.2, 0.25) is 0 Å². The largest absolute Gasteiger partial charge is 0.379 e. The smallest absolute Gasteiger partial charge is 0.278 e. The van der Waals surface area contributed by atoms with Gasteiger partial charge in [-0.2, -0.15) is 0 Å². The number of carbonyl (C=O) groups excluding carboxylic acids is 2. The highest BCUT2D eigenvalue weighted by Gasteiger charge is 2.43. The highest BCUT2D eigenvalue weighted by molar-refractivity contribution is 6.37. The number of rotatable bonds is 6. The molecule has 33 heavy (non-hydrogen) atoms. The van der Waals surface area contributed by atoms with Gasteiger partial charge >= 0.3 is 0 Å². The van der Waals surface area contributed by atoms with E-state index in [1.807, 2.05) is 44.2 Å². The summed E-state index contributed by atoms with van der Waals surface area (Å²) in [5, 5.41) is 0. The molecule has 0 unspecified atom stereocenters. The molecule has 3 aliphatic heterocycles. The zero-order chi connectivity index (χ0) is 22.9. The maximum Gasteiger partial charge on any atom is 0.278 e. The molecule has 1 saturated heterocycles. The molecule has 0 atom stereocenters. The zero-order valence-corrected chi connectivity index (χ0v) is 19.5. The molecular formula is C27H31N3O3. The Kier molecular flexibility index (Phi) is 6.04. The van der Waals surface area contributed by atoms with E-state index in [1.54, 1.807) is 0 Å². The fraction of sp³-hybridized carbons (Fsp3) is 0.407. The highest BCUT2D eigenvalue weighted by atomic mass is 16.5. The fourth-order valence-electron chi connectivity index (χ4n) is 5.20. The third kappa shape index (κ3) is 4.09. The van der Waals surface area contributed by atoms with E-state index in [2.05, 4.69) is 21.9 Å². The van der Waals surface area contributed by atoms with E-state index in [4.69, 9.17) is 4.74 Å². The molecule has 0 spiro atoms. The summed E-state index contributed by atoms with van der Waals surface area (Å²) in [6.45, 7) is 9.38. The monoisotopic (exact) mass is 445 g/mol. The molecule has 0 bridgehead atoms. The van der Waals surface area contributed by atoms with Crippen molar-refractivity contribution >= 4 is 23.1 Å². The van der Waals surface area contributed by atoms with Crippen LogP contribution in [-0.4, -0.2) is 67.6 Å². The summed E-state index contributed by atoms with van der Waals surface area (Å²) >= 11 is 0. The van der Waals surface area contributed by atoms with Crippen LogP contribution in [-0.2, 0) is 20.7 Å². The summed E-state index contributed by atoms with van der Waals surface area (Å²) in [7, 11) is 0. The van der Waals surface area contributed by atoms with Gasteiger partial charge in [-0.05, 0) is 49.4 Å². The first-order chi connectivity index (χ1) is 16.0. The van der Waals surface area contributed by atoms with E-state index in [0.29, 0.717) is 24.4 Å². The van der Waals surface area contributed by atoms with Crippen molar-refractivity contribution in [1.82, 2.24) is 9.80 Å². The van der Waals surface area contributed by atoms with Crippen molar-refractivity contribution in [2.24, 2.45) is 0 Å². The SMILES string of the molecule is Cc1ccc(C2=C(N3CCc4ccccc43)C(=O)N(CCCN3CCOCC3)C2=O)c(C)c1. The van der Waals surface area contributed by atoms with Crippen LogP contribution in [0.25, 0.3) is 5.57 Å². The number of nitrogens with zero attached hydrogens (tertiary/aromatic N) is 3. The summed E-state index contributed by atoms with van der Waals surface area (Å²) < 4.78 is 5.42. The number of anilines is 1. The van der Waals surface area contributed by atoms with Crippen LogP contribution < -0.4 is 4.90 Å². The Morgan fingerprint density at radius 2 is 1.70 bits per heavy atom. The molecule has 6 heteroatoms. The lowest BCUT2D eigenvalue weighted by atomic mass is 9.97. The molecular weight excluding hydrogens is 414 g/mol.